The number of ether oxygens (including phenoxy) is 1. The number of benzene rings is 1. The molecule has 1 aromatic rings. The average molecular weight is 618 g/mol. The van der Waals surface area contributed by atoms with Gasteiger partial charge >= 0.3 is 17.9 Å². The number of carboxylic acids is 1. The molecule has 1 aromatic carbocycles. The molecule has 0 radical (unpaired) electrons. The van der Waals surface area contributed by atoms with Gasteiger partial charge in [-0.2, -0.15) is 0 Å². The number of Topliss-reactive ketones (excluding diaryl/α,β-unsaturated/α-hetero) is 1. The van der Waals surface area contributed by atoms with Crippen molar-refractivity contribution in [2.45, 2.75) is 71.7 Å². The van der Waals surface area contributed by atoms with E-state index >= 15 is 0 Å². The number of carbonyl (C=O) groups is 5. The average Bonchev–Trinajstić information content (AvgIpc) is 2.95. The van der Waals surface area contributed by atoms with Gasteiger partial charge in [-0.15, -0.1) is 0 Å². The highest BCUT2D eigenvalue weighted by molar-refractivity contribution is 6.39. The third-order valence-corrected chi connectivity index (χ3v) is 6.09. The number of hydrogen-bond donors (Lipinski definition) is 7. The monoisotopic (exact) mass is 617 g/mol. The first-order valence-corrected chi connectivity index (χ1v) is 14.1. The molecule has 3 atom stereocenters. The topological polar surface area (TPSA) is 264 Å². The molecule has 0 heterocycles. The molecule has 0 spiro atoms. The Morgan fingerprint density at radius 1 is 0.977 bits per heavy atom. The molecule has 0 unspecified atom stereocenters. The summed E-state index contributed by atoms with van der Waals surface area (Å²) < 4.78 is 5.25. The van der Waals surface area contributed by atoms with E-state index in [0.29, 0.717) is 6.42 Å². The number of amidine groups is 1. The molecule has 0 saturated carbocycles. The number of hydrogen-bond acceptors (Lipinski definition) is 7. The molecule has 16 heteroatoms. The molecule has 0 aliphatic carbocycles. The van der Waals surface area contributed by atoms with Gasteiger partial charge in [-0.1, -0.05) is 58.0 Å². The van der Waals surface area contributed by atoms with Gasteiger partial charge in [0.1, 0.15) is 24.7 Å². The van der Waals surface area contributed by atoms with E-state index in [1.165, 1.54) is 0 Å². The summed E-state index contributed by atoms with van der Waals surface area (Å²) in [7, 11) is 0. The molecule has 0 saturated heterocycles. The number of nitrogens with zero attached hydrogens (tertiary/aromatic N) is 3. The lowest BCUT2D eigenvalue weighted by Gasteiger charge is -2.26. The Labute approximate surface area is 256 Å². The number of nitrogens with two attached hydrogens (primary N) is 2. The highest BCUT2D eigenvalue weighted by Gasteiger charge is 2.35. The van der Waals surface area contributed by atoms with Crippen LogP contribution < -0.4 is 32.7 Å². The summed E-state index contributed by atoms with van der Waals surface area (Å²) in [4.78, 5) is 70.0. The molecule has 44 heavy (non-hydrogen) atoms. The number of rotatable bonds is 18. The number of aliphatic carboxylic acids is 1. The van der Waals surface area contributed by atoms with Crippen molar-refractivity contribution in [3.05, 3.63) is 41.4 Å². The fourth-order valence-corrected chi connectivity index (χ4v) is 3.92. The molecule has 0 aromatic heterocycles. The number of carboxylic acid groups (broad SMARTS) is 1. The quantitative estimate of drug-likeness (QED) is 0.0377. The fourth-order valence-electron chi connectivity index (χ4n) is 3.92. The molecule has 1 rings (SSSR count). The summed E-state index contributed by atoms with van der Waals surface area (Å²) in [6, 6.07) is 5.48. The van der Waals surface area contributed by atoms with Gasteiger partial charge in [0.2, 0.25) is 11.8 Å². The second kappa shape index (κ2) is 19.3. The van der Waals surface area contributed by atoms with Gasteiger partial charge < -0.3 is 47.6 Å². The maximum absolute atomic E-state index is 13.4. The largest absolute Gasteiger partial charge is 0.497 e. The molecule has 0 aliphatic heterocycles. The van der Waals surface area contributed by atoms with E-state index in [9.17, 15) is 29.5 Å². The lowest BCUT2D eigenvalue weighted by Crippen LogP contribution is -2.58. The summed E-state index contributed by atoms with van der Waals surface area (Å²) >= 11 is 0. The van der Waals surface area contributed by atoms with E-state index in [4.69, 9.17) is 21.3 Å². The molecule has 3 amide bonds. The molecule has 0 aliphatic rings. The van der Waals surface area contributed by atoms with E-state index in [-0.39, 0.29) is 37.9 Å². The van der Waals surface area contributed by atoms with Crippen LogP contribution in [0.25, 0.3) is 5.53 Å². The minimum atomic E-state index is -1.30. The summed E-state index contributed by atoms with van der Waals surface area (Å²) in [5.41, 5.74) is 20.7. The zero-order valence-corrected chi connectivity index (χ0v) is 25.4. The van der Waals surface area contributed by atoms with Gasteiger partial charge in [0.25, 0.3) is 5.78 Å². The zero-order valence-electron chi connectivity index (χ0n) is 25.4. The van der Waals surface area contributed by atoms with Crippen LogP contribution in [0, 0.1) is 11.8 Å². The van der Waals surface area contributed by atoms with Crippen molar-refractivity contribution in [1.29, 1.82) is 0 Å². The van der Waals surface area contributed by atoms with Crippen LogP contribution in [0.4, 0.5) is 4.79 Å². The number of guanidine groups is 1. The van der Waals surface area contributed by atoms with E-state index in [1.54, 1.807) is 38.1 Å². The van der Waals surface area contributed by atoms with E-state index in [1.807, 2.05) is 19.9 Å². The minimum absolute atomic E-state index is 0.0293. The number of alkyl carbamates (subject to hydrolysis) is 1. The van der Waals surface area contributed by atoms with Crippen molar-refractivity contribution in [2.75, 3.05) is 13.1 Å². The Bertz CT molecular complexity index is 1210. The van der Waals surface area contributed by atoms with Crippen molar-refractivity contribution in [1.82, 2.24) is 21.3 Å². The Morgan fingerprint density at radius 2 is 1.61 bits per heavy atom. The van der Waals surface area contributed by atoms with Crippen molar-refractivity contribution in [3.8, 4) is 0 Å². The predicted molar refractivity (Wildman–Crippen MR) is 161 cm³/mol. The molecule has 0 bridgehead atoms. The molecular formula is C28H43N9O7. The first-order valence-electron chi connectivity index (χ1n) is 14.1. The standard InChI is InChI=1S/C28H43N9O7/c1-16(2)13-20(26(42)36-22(17(3)4)23(40)24(37-31)33-14-21(38)39)34-25(41)19(11-8-12-32-27(29)30)35-28(43)44-15-18-9-6-5-7-10-18/h5-7,9-10,16-17,19-20,22,33H,8,11-15H2,1-4H3,(H,34,41)(H,35,43)(H,36,42)(H,38,39)(H4,29,30,32)/t19-,20-,22-/m0/s1. The third kappa shape index (κ3) is 14.3. The molecule has 16 nitrogen and oxygen atoms in total. The SMILES string of the molecule is CC(C)C[C@H](NC(=O)[C@H](CCCN=C(N)N)NC(=O)OCc1ccccc1)C(=O)N[C@H](C(=O)C(=[N+]=[N-])NCC(=O)O)C(C)C. The van der Waals surface area contributed by atoms with E-state index < -0.39 is 66.1 Å². The summed E-state index contributed by atoms with van der Waals surface area (Å²) in [6.45, 7) is 6.38. The van der Waals surface area contributed by atoms with Gasteiger partial charge in [-0.3, -0.25) is 19.4 Å². The van der Waals surface area contributed by atoms with Crippen LogP contribution in [0.3, 0.4) is 0 Å². The van der Waals surface area contributed by atoms with Crippen molar-refractivity contribution in [3.63, 3.8) is 0 Å². The second-order valence-electron chi connectivity index (χ2n) is 10.7. The lowest BCUT2D eigenvalue weighted by atomic mass is 9.97. The normalized spacial score (nSPS) is 12.6. The summed E-state index contributed by atoms with van der Waals surface area (Å²) in [5, 5.41) is 18.8. The highest BCUT2D eigenvalue weighted by Crippen LogP contribution is 2.10. The predicted octanol–water partition coefficient (Wildman–Crippen LogP) is -0.122. The van der Waals surface area contributed by atoms with Crippen molar-refractivity contribution < 1.29 is 38.6 Å². The maximum atomic E-state index is 13.4. The van der Waals surface area contributed by atoms with Crippen LogP contribution in [0.15, 0.2) is 35.3 Å². The minimum Gasteiger partial charge on any atom is -0.497 e. The first kappa shape index (κ1) is 37.0. The van der Waals surface area contributed by atoms with Gasteiger partial charge in [0.15, 0.2) is 12.5 Å². The number of carbonyl (C=O) groups excluding carboxylic acids is 4. The van der Waals surface area contributed by atoms with Gasteiger partial charge in [-0.05, 0) is 36.7 Å². The number of amides is 3. The third-order valence-electron chi connectivity index (χ3n) is 6.09. The van der Waals surface area contributed by atoms with Crippen LogP contribution in [0.5, 0.6) is 0 Å². The van der Waals surface area contributed by atoms with Crippen LogP contribution in [-0.4, -0.2) is 82.6 Å². The number of nitrogens with one attached hydrogen (secondary N) is 4. The van der Waals surface area contributed by atoms with Crippen LogP contribution >= 0.6 is 0 Å². The second-order valence-corrected chi connectivity index (χ2v) is 10.7. The summed E-state index contributed by atoms with van der Waals surface area (Å²) in [5.74, 6) is -4.89. The Hall–Kier alpha value is -4.98. The molecular weight excluding hydrogens is 574 g/mol. The Morgan fingerprint density at radius 3 is 2.16 bits per heavy atom. The van der Waals surface area contributed by atoms with Crippen molar-refractivity contribution >= 4 is 41.5 Å². The maximum Gasteiger partial charge on any atom is 0.408 e. The Kier molecular flexibility index (Phi) is 16.2. The number of aliphatic imine (C=N–C) groups is 1. The number of ketones is 1. The van der Waals surface area contributed by atoms with Crippen LogP contribution in [-0.2, 0) is 30.5 Å². The lowest BCUT2D eigenvalue weighted by molar-refractivity contribution is -0.136. The first-order chi connectivity index (χ1) is 20.7. The van der Waals surface area contributed by atoms with Crippen LogP contribution in [0.2, 0.25) is 0 Å². The molecule has 242 valence electrons. The Balaban J connectivity index is 3.09. The van der Waals surface area contributed by atoms with Crippen molar-refractivity contribution in [2.24, 2.45) is 28.3 Å². The van der Waals surface area contributed by atoms with Gasteiger partial charge in [0.05, 0.1) is 0 Å². The fraction of sp³-hybridized carbons (Fsp3) is 0.536. The zero-order chi connectivity index (χ0) is 33.2. The van der Waals surface area contributed by atoms with Gasteiger partial charge in [0, 0.05) is 6.54 Å². The summed E-state index contributed by atoms with van der Waals surface area (Å²) in [6.07, 6.45) is -0.256. The molecule has 0 fully saturated rings. The smallest absolute Gasteiger partial charge is 0.408 e. The van der Waals surface area contributed by atoms with Crippen LogP contribution in [0.1, 0.15) is 52.5 Å². The van der Waals surface area contributed by atoms with E-state index in [2.05, 4.69) is 31.0 Å². The van der Waals surface area contributed by atoms with Gasteiger partial charge in [-0.25, -0.2) is 14.9 Å². The highest BCUT2D eigenvalue weighted by atomic mass is 16.5. The molecule has 9 N–H and O–H groups in total. The van der Waals surface area contributed by atoms with E-state index in [0.717, 1.165) is 5.56 Å².